The molecule has 0 radical (unpaired) electrons. The number of amides is 1. The molecule has 1 aliphatic heterocycles. The molecule has 2 fully saturated rings. The highest BCUT2D eigenvalue weighted by atomic mass is 16.5. The molecule has 0 aromatic rings. The molecule has 2 aliphatic rings. The molecule has 1 aliphatic carbocycles. The van der Waals surface area contributed by atoms with Crippen molar-refractivity contribution in [3.05, 3.63) is 0 Å². The van der Waals surface area contributed by atoms with Crippen LogP contribution in [0.5, 0.6) is 0 Å². The van der Waals surface area contributed by atoms with E-state index in [0.717, 1.165) is 38.8 Å². The van der Waals surface area contributed by atoms with Gasteiger partial charge in [-0.1, -0.05) is 0 Å². The molecule has 1 amide bonds. The fraction of sp³-hybridized carbons (Fsp3) is 0.900. The van der Waals surface area contributed by atoms with Gasteiger partial charge in [0.1, 0.15) is 0 Å². The van der Waals surface area contributed by atoms with Crippen molar-refractivity contribution in [3.63, 3.8) is 0 Å². The molecule has 2 unspecified atom stereocenters. The number of ether oxygens (including phenoxy) is 1. The first-order chi connectivity index (χ1) is 6.77. The lowest BCUT2D eigenvalue weighted by Gasteiger charge is -2.17. The fourth-order valence-electron chi connectivity index (χ4n) is 1.99. The van der Waals surface area contributed by atoms with Crippen LogP contribution in [0.3, 0.4) is 0 Å². The van der Waals surface area contributed by atoms with Gasteiger partial charge in [-0.15, -0.1) is 0 Å². The summed E-state index contributed by atoms with van der Waals surface area (Å²) in [5.74, 6) is 0.263. The van der Waals surface area contributed by atoms with Crippen LogP contribution in [0.1, 0.15) is 25.7 Å². The van der Waals surface area contributed by atoms with Crippen LogP contribution < -0.4 is 11.1 Å². The molecule has 0 spiro atoms. The van der Waals surface area contributed by atoms with E-state index in [9.17, 15) is 4.79 Å². The molecule has 2 rings (SSSR count). The Morgan fingerprint density at radius 1 is 1.50 bits per heavy atom. The average molecular weight is 198 g/mol. The normalized spacial score (nSPS) is 29.0. The average Bonchev–Trinajstić information content (AvgIpc) is 2.82. The third-order valence-corrected chi connectivity index (χ3v) is 2.99. The lowest BCUT2D eigenvalue weighted by atomic mass is 10.1. The third-order valence-electron chi connectivity index (χ3n) is 2.99. The molecule has 3 N–H and O–H groups in total. The van der Waals surface area contributed by atoms with Gasteiger partial charge in [-0.25, -0.2) is 0 Å². The van der Waals surface area contributed by atoms with Crippen LogP contribution in [0.2, 0.25) is 0 Å². The molecule has 1 heterocycles. The van der Waals surface area contributed by atoms with E-state index >= 15 is 0 Å². The lowest BCUT2D eigenvalue weighted by Crippen LogP contribution is -2.45. The van der Waals surface area contributed by atoms with Crippen LogP contribution in [0, 0.1) is 5.92 Å². The van der Waals surface area contributed by atoms with E-state index in [0.29, 0.717) is 5.92 Å². The maximum absolute atomic E-state index is 11.1. The SMILES string of the molecule is NC(=O)C(NCC1CCCO1)C1CC1. The number of carbonyl (C=O) groups excluding carboxylic acids is 1. The molecule has 0 aromatic heterocycles. The Labute approximate surface area is 84.2 Å². The van der Waals surface area contributed by atoms with Gasteiger partial charge in [-0.3, -0.25) is 4.79 Å². The van der Waals surface area contributed by atoms with Crippen molar-refractivity contribution in [2.45, 2.75) is 37.8 Å². The Balaban J connectivity index is 1.73. The van der Waals surface area contributed by atoms with Gasteiger partial charge >= 0.3 is 0 Å². The van der Waals surface area contributed by atoms with Crippen LogP contribution in [0.4, 0.5) is 0 Å². The second-order valence-corrected chi connectivity index (χ2v) is 4.26. The Hall–Kier alpha value is -0.610. The van der Waals surface area contributed by atoms with Crippen molar-refractivity contribution in [1.82, 2.24) is 5.32 Å². The van der Waals surface area contributed by atoms with Gasteiger partial charge in [-0.2, -0.15) is 0 Å². The second kappa shape index (κ2) is 4.28. The maximum atomic E-state index is 11.1. The number of hydrogen-bond donors (Lipinski definition) is 2. The van der Waals surface area contributed by atoms with Gasteiger partial charge in [0, 0.05) is 13.2 Å². The summed E-state index contributed by atoms with van der Waals surface area (Å²) in [7, 11) is 0. The first kappa shape index (κ1) is 9.93. The third kappa shape index (κ3) is 2.45. The van der Waals surface area contributed by atoms with Gasteiger partial charge in [0.15, 0.2) is 0 Å². The highest BCUT2D eigenvalue weighted by Gasteiger charge is 2.35. The van der Waals surface area contributed by atoms with Crippen LogP contribution >= 0.6 is 0 Å². The zero-order valence-corrected chi connectivity index (χ0v) is 8.37. The van der Waals surface area contributed by atoms with E-state index in [1.54, 1.807) is 0 Å². The molecule has 1 saturated carbocycles. The summed E-state index contributed by atoms with van der Waals surface area (Å²) in [6, 6.07) is -0.126. The smallest absolute Gasteiger partial charge is 0.234 e. The molecule has 1 saturated heterocycles. The van der Waals surface area contributed by atoms with Crippen molar-refractivity contribution >= 4 is 5.91 Å². The Morgan fingerprint density at radius 3 is 2.79 bits per heavy atom. The monoisotopic (exact) mass is 198 g/mol. The van der Waals surface area contributed by atoms with E-state index in [2.05, 4.69) is 5.32 Å². The van der Waals surface area contributed by atoms with E-state index in [4.69, 9.17) is 10.5 Å². The van der Waals surface area contributed by atoms with E-state index in [-0.39, 0.29) is 18.1 Å². The molecule has 0 aromatic carbocycles. The summed E-state index contributed by atoms with van der Waals surface area (Å²) in [6.45, 7) is 1.63. The molecule has 80 valence electrons. The van der Waals surface area contributed by atoms with E-state index < -0.39 is 0 Å². The largest absolute Gasteiger partial charge is 0.377 e. The summed E-state index contributed by atoms with van der Waals surface area (Å²) in [6.07, 6.45) is 4.79. The molecule has 14 heavy (non-hydrogen) atoms. The molecule has 2 atom stereocenters. The van der Waals surface area contributed by atoms with Crippen LogP contribution in [0.25, 0.3) is 0 Å². The molecule has 4 heteroatoms. The number of nitrogens with two attached hydrogens (primary N) is 1. The van der Waals surface area contributed by atoms with E-state index in [1.807, 2.05) is 0 Å². The van der Waals surface area contributed by atoms with Crippen molar-refractivity contribution in [2.75, 3.05) is 13.2 Å². The quantitative estimate of drug-likeness (QED) is 0.654. The van der Waals surface area contributed by atoms with Crippen LogP contribution in [0.15, 0.2) is 0 Å². The minimum absolute atomic E-state index is 0.126. The van der Waals surface area contributed by atoms with Crippen LogP contribution in [-0.2, 0) is 9.53 Å². The summed E-state index contributed by atoms with van der Waals surface area (Å²) in [4.78, 5) is 11.1. The second-order valence-electron chi connectivity index (χ2n) is 4.26. The number of hydrogen-bond acceptors (Lipinski definition) is 3. The highest BCUT2D eigenvalue weighted by molar-refractivity contribution is 5.80. The molecular weight excluding hydrogens is 180 g/mol. The van der Waals surface area contributed by atoms with Gasteiger partial charge in [0.2, 0.25) is 5.91 Å². The predicted octanol–water partition coefficient (Wildman–Crippen LogP) is 0.0189. The number of primary amides is 1. The fourth-order valence-corrected chi connectivity index (χ4v) is 1.99. The minimum Gasteiger partial charge on any atom is -0.377 e. The van der Waals surface area contributed by atoms with Crippen LogP contribution in [-0.4, -0.2) is 31.2 Å². The lowest BCUT2D eigenvalue weighted by molar-refractivity contribution is -0.120. The Bertz CT molecular complexity index is 210. The Kier molecular flexibility index (Phi) is 3.03. The minimum atomic E-state index is -0.217. The van der Waals surface area contributed by atoms with Crippen molar-refractivity contribution in [2.24, 2.45) is 11.7 Å². The molecular formula is C10H18N2O2. The first-order valence-electron chi connectivity index (χ1n) is 5.41. The highest BCUT2D eigenvalue weighted by Crippen LogP contribution is 2.32. The Morgan fingerprint density at radius 2 is 2.29 bits per heavy atom. The van der Waals surface area contributed by atoms with Gasteiger partial charge in [0.25, 0.3) is 0 Å². The zero-order chi connectivity index (χ0) is 9.97. The van der Waals surface area contributed by atoms with Gasteiger partial charge in [0.05, 0.1) is 12.1 Å². The van der Waals surface area contributed by atoms with Crippen molar-refractivity contribution in [3.8, 4) is 0 Å². The van der Waals surface area contributed by atoms with E-state index in [1.165, 1.54) is 0 Å². The summed E-state index contributed by atoms with van der Waals surface area (Å²) >= 11 is 0. The van der Waals surface area contributed by atoms with Gasteiger partial charge in [-0.05, 0) is 31.6 Å². The standard InChI is InChI=1S/C10H18N2O2/c11-10(13)9(7-3-4-7)12-6-8-2-1-5-14-8/h7-9,12H,1-6H2,(H2,11,13). The number of carbonyl (C=O) groups is 1. The summed E-state index contributed by atoms with van der Waals surface area (Å²) in [5.41, 5.74) is 5.32. The zero-order valence-electron chi connectivity index (χ0n) is 8.37. The topological polar surface area (TPSA) is 64.4 Å². The summed E-state index contributed by atoms with van der Waals surface area (Å²) < 4.78 is 5.47. The first-order valence-corrected chi connectivity index (χ1v) is 5.41. The predicted molar refractivity (Wildman–Crippen MR) is 52.7 cm³/mol. The van der Waals surface area contributed by atoms with Crippen molar-refractivity contribution in [1.29, 1.82) is 0 Å². The molecule has 4 nitrogen and oxygen atoms in total. The maximum Gasteiger partial charge on any atom is 0.234 e. The van der Waals surface area contributed by atoms with Crippen molar-refractivity contribution < 1.29 is 9.53 Å². The summed E-state index contributed by atoms with van der Waals surface area (Å²) in [5, 5.41) is 3.22. The number of nitrogens with one attached hydrogen (secondary N) is 1. The number of rotatable bonds is 5. The molecule has 0 bridgehead atoms. The van der Waals surface area contributed by atoms with Gasteiger partial charge < -0.3 is 15.8 Å².